The van der Waals surface area contributed by atoms with Gasteiger partial charge in [-0.2, -0.15) is 0 Å². The first kappa shape index (κ1) is 31.8. The summed E-state index contributed by atoms with van der Waals surface area (Å²) in [5.74, 6) is 2.00. The van der Waals surface area contributed by atoms with Gasteiger partial charge in [-0.05, 0) is 71.6 Å². The Balaban J connectivity index is 0.00000612. The largest absolute Gasteiger partial charge is 0.353 e. The van der Waals surface area contributed by atoms with Crippen molar-refractivity contribution >= 4 is 11.6 Å². The highest BCUT2D eigenvalue weighted by Gasteiger charge is 2.48. The van der Waals surface area contributed by atoms with Crippen LogP contribution in [0, 0.1) is 29.6 Å². The molecule has 35 heavy (non-hydrogen) atoms. The lowest BCUT2D eigenvalue weighted by Crippen LogP contribution is -2.52. The molecule has 0 aromatic heterocycles. The molecule has 2 heterocycles. The fourth-order valence-electron chi connectivity index (χ4n) is 5.13. The van der Waals surface area contributed by atoms with Gasteiger partial charge in [0.2, 0.25) is 0 Å². The Bertz CT molecular complexity index is 700. The SMILES string of the molecule is C.C#CCC[C@@H](C(=O)C(C)(C)[C@@H]1CCOC(C)(C)O1)C(OC1CCCCO1)[C@@H](C)CCCC(C)=O. The molecule has 5 atom stereocenters. The molecule has 0 bridgehead atoms. The van der Waals surface area contributed by atoms with Crippen LogP contribution in [0.25, 0.3) is 0 Å². The van der Waals surface area contributed by atoms with Crippen molar-refractivity contribution in [3.63, 3.8) is 0 Å². The third-order valence-electron chi connectivity index (χ3n) is 7.22. The van der Waals surface area contributed by atoms with E-state index < -0.39 is 11.2 Å². The Morgan fingerprint density at radius 2 is 1.89 bits per heavy atom. The molecule has 2 rings (SSSR count). The van der Waals surface area contributed by atoms with Gasteiger partial charge in [0.1, 0.15) is 11.6 Å². The maximum Gasteiger partial charge on any atom is 0.163 e. The summed E-state index contributed by atoms with van der Waals surface area (Å²) in [6.45, 7) is 12.7. The first-order valence-electron chi connectivity index (χ1n) is 13.0. The summed E-state index contributed by atoms with van der Waals surface area (Å²) in [5, 5.41) is 0. The number of hydrogen-bond acceptors (Lipinski definition) is 6. The van der Waals surface area contributed by atoms with Gasteiger partial charge in [-0.25, -0.2) is 0 Å². The van der Waals surface area contributed by atoms with Crippen LogP contribution in [0.15, 0.2) is 0 Å². The van der Waals surface area contributed by atoms with Crippen LogP contribution in [0.5, 0.6) is 0 Å². The number of carbonyl (C=O) groups is 2. The van der Waals surface area contributed by atoms with E-state index in [9.17, 15) is 9.59 Å². The molecule has 2 aliphatic heterocycles. The normalized spacial score (nSPS) is 24.9. The van der Waals surface area contributed by atoms with E-state index in [1.807, 2.05) is 27.7 Å². The summed E-state index contributed by atoms with van der Waals surface area (Å²) < 4.78 is 24.4. The van der Waals surface area contributed by atoms with E-state index in [1.54, 1.807) is 6.92 Å². The van der Waals surface area contributed by atoms with Gasteiger partial charge < -0.3 is 23.7 Å². The van der Waals surface area contributed by atoms with Gasteiger partial charge in [0.05, 0.1) is 24.2 Å². The lowest BCUT2D eigenvalue weighted by molar-refractivity contribution is -0.289. The van der Waals surface area contributed by atoms with Gasteiger partial charge in [-0.3, -0.25) is 4.79 Å². The van der Waals surface area contributed by atoms with Gasteiger partial charge in [0.25, 0.3) is 0 Å². The molecule has 0 amide bonds. The Morgan fingerprint density at radius 3 is 2.46 bits per heavy atom. The summed E-state index contributed by atoms with van der Waals surface area (Å²) in [4.78, 5) is 25.7. The highest BCUT2D eigenvalue weighted by atomic mass is 16.7. The van der Waals surface area contributed by atoms with Crippen molar-refractivity contribution < 1.29 is 28.5 Å². The molecule has 0 spiro atoms. The minimum Gasteiger partial charge on any atom is -0.353 e. The zero-order chi connectivity index (χ0) is 25.4. The summed E-state index contributed by atoms with van der Waals surface area (Å²) in [5.41, 5.74) is -0.728. The zero-order valence-corrected chi connectivity index (χ0v) is 22.2. The molecule has 0 saturated carbocycles. The smallest absolute Gasteiger partial charge is 0.163 e. The Hall–Kier alpha value is -1.26. The number of ether oxygens (including phenoxy) is 4. The second-order valence-corrected chi connectivity index (χ2v) is 11.0. The molecule has 6 nitrogen and oxygen atoms in total. The molecule has 202 valence electrons. The van der Waals surface area contributed by atoms with Crippen LogP contribution in [-0.4, -0.2) is 49.1 Å². The second kappa shape index (κ2) is 14.5. The monoisotopic (exact) mass is 494 g/mol. The van der Waals surface area contributed by atoms with E-state index in [0.717, 1.165) is 32.1 Å². The van der Waals surface area contributed by atoms with E-state index in [1.165, 1.54) is 0 Å². The number of ketones is 2. The Labute approximate surface area is 214 Å². The molecular weight excluding hydrogens is 444 g/mol. The highest BCUT2D eigenvalue weighted by molar-refractivity contribution is 5.87. The van der Waals surface area contributed by atoms with E-state index in [-0.39, 0.29) is 49.3 Å². The molecule has 2 fully saturated rings. The van der Waals surface area contributed by atoms with Gasteiger partial charge in [0.15, 0.2) is 12.1 Å². The van der Waals surface area contributed by atoms with Crippen LogP contribution in [0.2, 0.25) is 0 Å². The topological polar surface area (TPSA) is 71.1 Å². The maximum absolute atomic E-state index is 14.2. The summed E-state index contributed by atoms with van der Waals surface area (Å²) >= 11 is 0. The maximum atomic E-state index is 14.2. The number of carbonyl (C=O) groups excluding carboxylic acids is 2. The number of Topliss-reactive ketones (excluding diaryl/α,β-unsaturated/α-hetero) is 2. The van der Waals surface area contributed by atoms with Crippen LogP contribution in [0.4, 0.5) is 0 Å². The molecule has 2 unspecified atom stereocenters. The fraction of sp³-hybridized carbons (Fsp3) is 0.862. The van der Waals surface area contributed by atoms with Gasteiger partial charge in [0, 0.05) is 25.4 Å². The minimum atomic E-state index is -0.728. The molecule has 2 saturated heterocycles. The minimum absolute atomic E-state index is 0. The van der Waals surface area contributed by atoms with Crippen LogP contribution in [-0.2, 0) is 28.5 Å². The van der Waals surface area contributed by atoms with Crippen molar-refractivity contribution in [1.82, 2.24) is 0 Å². The van der Waals surface area contributed by atoms with Gasteiger partial charge >= 0.3 is 0 Å². The number of hydrogen-bond donors (Lipinski definition) is 0. The first-order chi connectivity index (χ1) is 16.0. The van der Waals surface area contributed by atoms with E-state index in [2.05, 4.69) is 12.8 Å². The molecule has 0 aliphatic carbocycles. The zero-order valence-electron chi connectivity index (χ0n) is 22.2. The molecule has 0 aromatic carbocycles. The average Bonchev–Trinajstić information content (AvgIpc) is 2.78. The predicted octanol–water partition coefficient (Wildman–Crippen LogP) is 6.10. The van der Waals surface area contributed by atoms with Crippen LogP contribution in [0.3, 0.4) is 0 Å². The quantitative estimate of drug-likeness (QED) is 0.288. The van der Waals surface area contributed by atoms with Crippen molar-refractivity contribution in [2.75, 3.05) is 13.2 Å². The van der Waals surface area contributed by atoms with Crippen molar-refractivity contribution in [2.45, 2.75) is 131 Å². The molecule has 6 heteroatoms. The van der Waals surface area contributed by atoms with E-state index in [0.29, 0.717) is 38.9 Å². The van der Waals surface area contributed by atoms with Gasteiger partial charge in [-0.15, -0.1) is 12.3 Å². The third-order valence-corrected chi connectivity index (χ3v) is 7.22. The van der Waals surface area contributed by atoms with Crippen LogP contribution >= 0.6 is 0 Å². The average molecular weight is 495 g/mol. The van der Waals surface area contributed by atoms with E-state index >= 15 is 0 Å². The lowest BCUT2D eigenvalue weighted by atomic mass is 9.70. The summed E-state index contributed by atoms with van der Waals surface area (Å²) in [6.07, 6.45) is 11.5. The number of rotatable bonds is 13. The Kier molecular flexibility index (Phi) is 13.1. The van der Waals surface area contributed by atoms with Crippen LogP contribution in [0.1, 0.15) is 107 Å². The Morgan fingerprint density at radius 1 is 1.17 bits per heavy atom. The standard InChI is InChI=1S/C28H46O6.CH4/c1-8-9-15-22(26(30)27(4,5)23-17-19-32-28(6,7)34-23)25(20(2)13-12-14-21(3)29)33-24-16-10-11-18-31-24;/h1,20,22-25H,9-19H2,2-7H3;1H4/t20-,22+,23-,24?,25?;/m0./s1. The molecule has 0 N–H and O–H groups in total. The third kappa shape index (κ3) is 9.61. The molecule has 2 aliphatic rings. The molecule has 0 radical (unpaired) electrons. The predicted molar refractivity (Wildman–Crippen MR) is 139 cm³/mol. The summed E-state index contributed by atoms with van der Waals surface area (Å²) in [7, 11) is 0. The fourth-order valence-corrected chi connectivity index (χ4v) is 5.13. The highest BCUT2D eigenvalue weighted by Crippen LogP contribution is 2.40. The second-order valence-electron chi connectivity index (χ2n) is 11.0. The molecular formula is C29H50O6. The van der Waals surface area contributed by atoms with Crippen molar-refractivity contribution in [3.8, 4) is 12.3 Å². The first-order valence-corrected chi connectivity index (χ1v) is 13.0. The van der Waals surface area contributed by atoms with Gasteiger partial charge in [-0.1, -0.05) is 28.2 Å². The molecule has 0 aromatic rings. The van der Waals surface area contributed by atoms with Crippen LogP contribution < -0.4 is 0 Å². The van der Waals surface area contributed by atoms with E-state index in [4.69, 9.17) is 25.4 Å². The van der Waals surface area contributed by atoms with Crippen molar-refractivity contribution in [1.29, 1.82) is 0 Å². The lowest BCUT2D eigenvalue weighted by Gasteiger charge is -2.45. The summed E-state index contributed by atoms with van der Waals surface area (Å²) in [6, 6.07) is 0. The number of terminal acetylenes is 1. The van der Waals surface area contributed by atoms with Crippen molar-refractivity contribution in [3.05, 3.63) is 0 Å². The van der Waals surface area contributed by atoms with Crippen molar-refractivity contribution in [2.24, 2.45) is 17.3 Å².